The molecule has 142 valence electrons. The third-order valence-electron chi connectivity index (χ3n) is 4.67. The van der Waals surface area contributed by atoms with E-state index in [2.05, 4.69) is 17.4 Å². The van der Waals surface area contributed by atoms with Crippen LogP contribution < -0.4 is 15.1 Å². The van der Waals surface area contributed by atoms with E-state index in [1.165, 1.54) is 0 Å². The van der Waals surface area contributed by atoms with E-state index >= 15 is 0 Å². The van der Waals surface area contributed by atoms with Crippen molar-refractivity contribution < 1.29 is 14.3 Å². The number of likely N-dealkylation sites (N-methyl/N-ethyl adjacent to an activating group) is 1. The van der Waals surface area contributed by atoms with Crippen molar-refractivity contribution in [2.45, 2.75) is 6.92 Å². The highest BCUT2D eigenvalue weighted by molar-refractivity contribution is 5.96. The molecule has 1 aromatic carbocycles. The number of amides is 3. The first-order valence-corrected chi connectivity index (χ1v) is 9.09. The number of hydrogen-bond donors (Lipinski definition) is 1. The first-order chi connectivity index (χ1) is 12.6. The second-order valence-corrected chi connectivity index (χ2v) is 6.61. The van der Waals surface area contributed by atoms with Crippen LogP contribution in [-0.4, -0.2) is 86.2 Å². The van der Waals surface area contributed by atoms with Crippen molar-refractivity contribution in [3.63, 3.8) is 0 Å². The summed E-state index contributed by atoms with van der Waals surface area (Å²) in [6, 6.07) is 7.32. The normalized spacial score (nSPS) is 19.1. The number of carbonyl (C=O) groups is 2. The molecular formula is C18H27N5O3. The number of ether oxygens (including phenoxy) is 1. The second-order valence-electron chi connectivity index (χ2n) is 6.61. The molecule has 0 atom stereocenters. The average molecular weight is 361 g/mol. The molecule has 0 spiro atoms. The largest absolute Gasteiger partial charge is 0.494 e. The number of anilines is 1. The van der Waals surface area contributed by atoms with Gasteiger partial charge < -0.3 is 14.5 Å². The van der Waals surface area contributed by atoms with Crippen LogP contribution in [-0.2, 0) is 4.79 Å². The molecule has 3 amide bonds. The molecule has 1 N–H and O–H groups in total. The molecule has 8 heteroatoms. The van der Waals surface area contributed by atoms with Crippen molar-refractivity contribution in [3.8, 4) is 5.75 Å². The minimum Gasteiger partial charge on any atom is -0.494 e. The third kappa shape index (κ3) is 4.44. The van der Waals surface area contributed by atoms with Gasteiger partial charge in [-0.05, 0) is 38.2 Å². The molecular weight excluding hydrogens is 334 g/mol. The summed E-state index contributed by atoms with van der Waals surface area (Å²) < 4.78 is 5.43. The Morgan fingerprint density at radius 1 is 1.08 bits per heavy atom. The molecule has 2 heterocycles. The maximum Gasteiger partial charge on any atom is 0.325 e. The van der Waals surface area contributed by atoms with Gasteiger partial charge in [-0.2, -0.15) is 0 Å². The van der Waals surface area contributed by atoms with Crippen LogP contribution in [0.15, 0.2) is 24.3 Å². The van der Waals surface area contributed by atoms with Gasteiger partial charge in [0.05, 0.1) is 6.61 Å². The molecule has 2 fully saturated rings. The fourth-order valence-electron chi connectivity index (χ4n) is 3.16. The lowest BCUT2D eigenvalue weighted by atomic mass is 10.3. The van der Waals surface area contributed by atoms with Crippen LogP contribution in [0.4, 0.5) is 10.5 Å². The zero-order valence-corrected chi connectivity index (χ0v) is 15.5. The molecule has 0 aromatic heterocycles. The number of piperazine rings is 1. The van der Waals surface area contributed by atoms with Crippen LogP contribution >= 0.6 is 0 Å². The number of nitrogens with zero attached hydrogens (tertiary/aromatic N) is 4. The maximum absolute atomic E-state index is 12.6. The standard InChI is InChI=1S/C18H27N5O3/c1-3-26-16-6-4-15(5-7-16)23-13-10-21(18(23)25)14-17(24)19-22-11-8-20(2)9-12-22/h4-7H,3,8-14H2,1-2H3,(H,19,24). The van der Waals surface area contributed by atoms with Crippen LogP contribution in [0.25, 0.3) is 0 Å². The van der Waals surface area contributed by atoms with Crippen LogP contribution in [0.3, 0.4) is 0 Å². The van der Waals surface area contributed by atoms with Crippen LogP contribution in [0.5, 0.6) is 5.75 Å². The number of hydrogen-bond acceptors (Lipinski definition) is 5. The third-order valence-corrected chi connectivity index (χ3v) is 4.67. The fourth-order valence-corrected chi connectivity index (χ4v) is 3.16. The summed E-state index contributed by atoms with van der Waals surface area (Å²) in [6.45, 7) is 7.20. The zero-order chi connectivity index (χ0) is 18.5. The van der Waals surface area contributed by atoms with Gasteiger partial charge in [-0.25, -0.2) is 9.80 Å². The number of benzene rings is 1. The van der Waals surface area contributed by atoms with E-state index < -0.39 is 0 Å². The minimum absolute atomic E-state index is 0.0820. The zero-order valence-electron chi connectivity index (χ0n) is 15.5. The van der Waals surface area contributed by atoms with Gasteiger partial charge >= 0.3 is 6.03 Å². The Kier molecular flexibility index (Phi) is 5.95. The van der Waals surface area contributed by atoms with Crippen molar-refractivity contribution in [2.75, 3.05) is 64.4 Å². The molecule has 1 aromatic rings. The first-order valence-electron chi connectivity index (χ1n) is 9.09. The monoisotopic (exact) mass is 361 g/mol. The van der Waals surface area contributed by atoms with Crippen molar-refractivity contribution in [3.05, 3.63) is 24.3 Å². The van der Waals surface area contributed by atoms with E-state index in [1.54, 1.807) is 9.80 Å². The van der Waals surface area contributed by atoms with E-state index in [0.717, 1.165) is 37.6 Å². The van der Waals surface area contributed by atoms with Gasteiger partial charge in [0.25, 0.3) is 5.91 Å². The predicted molar refractivity (Wildman–Crippen MR) is 99.1 cm³/mol. The number of nitrogens with one attached hydrogen (secondary N) is 1. The van der Waals surface area contributed by atoms with Crippen molar-refractivity contribution in [2.24, 2.45) is 0 Å². The Bertz CT molecular complexity index is 628. The summed E-state index contributed by atoms with van der Waals surface area (Å²) in [4.78, 5) is 30.4. The first kappa shape index (κ1) is 18.5. The molecule has 2 saturated heterocycles. The highest BCUT2D eigenvalue weighted by atomic mass is 16.5. The average Bonchev–Trinajstić information content (AvgIpc) is 2.98. The topological polar surface area (TPSA) is 68.4 Å². The summed E-state index contributed by atoms with van der Waals surface area (Å²) in [5.41, 5.74) is 3.72. The summed E-state index contributed by atoms with van der Waals surface area (Å²) in [5, 5.41) is 1.92. The number of urea groups is 1. The quantitative estimate of drug-likeness (QED) is 0.804. The molecule has 0 unspecified atom stereocenters. The Hall–Kier alpha value is -2.32. The van der Waals surface area contributed by atoms with Gasteiger partial charge in [0.15, 0.2) is 0 Å². The lowest BCUT2D eigenvalue weighted by Gasteiger charge is -2.32. The van der Waals surface area contributed by atoms with Gasteiger partial charge in [0.1, 0.15) is 12.3 Å². The van der Waals surface area contributed by atoms with E-state index in [4.69, 9.17) is 4.74 Å². The van der Waals surface area contributed by atoms with Gasteiger partial charge in [-0.1, -0.05) is 0 Å². The Morgan fingerprint density at radius 3 is 2.42 bits per heavy atom. The Labute approximate surface area is 154 Å². The SMILES string of the molecule is CCOc1ccc(N2CCN(CC(=O)NN3CCN(C)CC3)C2=O)cc1. The van der Waals surface area contributed by atoms with E-state index in [1.807, 2.05) is 36.2 Å². The Morgan fingerprint density at radius 2 is 1.77 bits per heavy atom. The highest BCUT2D eigenvalue weighted by Crippen LogP contribution is 2.23. The molecule has 8 nitrogen and oxygen atoms in total. The van der Waals surface area contributed by atoms with Crippen molar-refractivity contribution in [1.82, 2.24) is 20.2 Å². The molecule has 3 rings (SSSR count). The maximum atomic E-state index is 12.6. The number of hydrazine groups is 1. The van der Waals surface area contributed by atoms with Crippen molar-refractivity contribution >= 4 is 17.6 Å². The van der Waals surface area contributed by atoms with Crippen LogP contribution in [0.1, 0.15) is 6.92 Å². The summed E-state index contributed by atoms with van der Waals surface area (Å²) in [5.74, 6) is 0.641. The summed E-state index contributed by atoms with van der Waals surface area (Å²) >= 11 is 0. The van der Waals surface area contributed by atoms with E-state index in [9.17, 15) is 9.59 Å². The minimum atomic E-state index is -0.142. The molecule has 0 bridgehead atoms. The number of carbonyl (C=O) groups excluding carboxylic acids is 2. The van der Waals surface area contributed by atoms with Crippen molar-refractivity contribution in [1.29, 1.82) is 0 Å². The molecule has 0 radical (unpaired) electrons. The fraction of sp³-hybridized carbons (Fsp3) is 0.556. The van der Waals surface area contributed by atoms with Crippen LogP contribution in [0.2, 0.25) is 0 Å². The smallest absolute Gasteiger partial charge is 0.325 e. The summed E-state index contributed by atoms with van der Waals surface area (Å²) in [7, 11) is 2.07. The van der Waals surface area contributed by atoms with Gasteiger partial charge in [-0.3, -0.25) is 15.1 Å². The van der Waals surface area contributed by atoms with Gasteiger partial charge in [-0.15, -0.1) is 0 Å². The predicted octanol–water partition coefficient (Wildman–Crippen LogP) is 0.606. The molecule has 2 aliphatic heterocycles. The summed E-state index contributed by atoms with van der Waals surface area (Å²) in [6.07, 6.45) is 0. The highest BCUT2D eigenvalue weighted by Gasteiger charge is 2.31. The number of rotatable bonds is 6. The molecule has 2 aliphatic rings. The van der Waals surface area contributed by atoms with Gasteiger partial charge in [0, 0.05) is 45.0 Å². The van der Waals surface area contributed by atoms with Crippen LogP contribution in [0, 0.1) is 0 Å². The van der Waals surface area contributed by atoms with E-state index in [0.29, 0.717) is 19.7 Å². The lowest BCUT2D eigenvalue weighted by Crippen LogP contribution is -2.54. The Balaban J connectivity index is 1.51. The molecule has 0 saturated carbocycles. The molecule has 26 heavy (non-hydrogen) atoms. The van der Waals surface area contributed by atoms with Gasteiger partial charge in [0.2, 0.25) is 0 Å². The van der Waals surface area contributed by atoms with E-state index in [-0.39, 0.29) is 18.5 Å². The molecule has 0 aliphatic carbocycles. The lowest BCUT2D eigenvalue weighted by molar-refractivity contribution is -0.127. The second kappa shape index (κ2) is 8.37.